The molecular weight excluding hydrogens is 288 g/mol. The molecule has 0 bridgehead atoms. The number of rotatable bonds is 9. The minimum absolute atomic E-state index is 0.167. The van der Waals surface area contributed by atoms with E-state index in [-0.39, 0.29) is 25.5 Å². The molecule has 0 aliphatic heterocycles. The van der Waals surface area contributed by atoms with Crippen LogP contribution >= 0.6 is 0 Å². The second kappa shape index (κ2) is 8.18. The molecule has 8 nitrogen and oxygen atoms in total. The van der Waals surface area contributed by atoms with Gasteiger partial charge in [0, 0.05) is 19.5 Å². The van der Waals surface area contributed by atoms with Crippen LogP contribution in [0.25, 0.3) is 0 Å². The number of nitrogens with one attached hydrogen (secondary N) is 1. The van der Waals surface area contributed by atoms with Crippen LogP contribution in [0.15, 0.2) is 0 Å². The van der Waals surface area contributed by atoms with Crippen LogP contribution in [-0.2, 0) is 24.5 Å². The molecule has 2 N–H and O–H groups in total. The maximum absolute atomic E-state index is 11.9. The van der Waals surface area contributed by atoms with Crippen LogP contribution in [0.5, 0.6) is 0 Å². The van der Waals surface area contributed by atoms with Gasteiger partial charge in [-0.2, -0.15) is 17.4 Å². The van der Waals surface area contributed by atoms with Gasteiger partial charge in [-0.05, 0) is 27.2 Å². The second-order valence-electron chi connectivity index (χ2n) is 4.47. The number of carboxylic acids is 1. The summed E-state index contributed by atoms with van der Waals surface area (Å²) in [6.45, 7) is 5.15. The van der Waals surface area contributed by atoms with Gasteiger partial charge in [0.05, 0.1) is 6.61 Å². The van der Waals surface area contributed by atoms with Gasteiger partial charge in [-0.25, -0.2) is 0 Å². The maximum Gasteiger partial charge on any atom is 0.321 e. The van der Waals surface area contributed by atoms with E-state index in [2.05, 4.69) is 9.46 Å². The molecule has 9 heteroatoms. The first-order valence-corrected chi connectivity index (χ1v) is 7.69. The zero-order valence-corrected chi connectivity index (χ0v) is 12.9. The fourth-order valence-electron chi connectivity index (χ4n) is 1.27. The molecule has 1 atom stereocenters. The van der Waals surface area contributed by atoms with E-state index in [0.717, 1.165) is 4.31 Å². The van der Waals surface area contributed by atoms with Crippen molar-refractivity contribution >= 4 is 22.1 Å². The second-order valence-corrected chi connectivity index (χ2v) is 6.23. The molecule has 0 amide bonds. The van der Waals surface area contributed by atoms with Gasteiger partial charge < -0.3 is 9.84 Å². The van der Waals surface area contributed by atoms with Crippen LogP contribution in [0, 0.1) is 0 Å². The van der Waals surface area contributed by atoms with Gasteiger partial charge in [-0.3, -0.25) is 9.59 Å². The van der Waals surface area contributed by atoms with E-state index in [1.54, 1.807) is 20.8 Å². The number of hydrogen-bond acceptors (Lipinski definition) is 5. The normalized spacial score (nSPS) is 13.5. The molecule has 118 valence electrons. The number of carboxylic acid groups (broad SMARTS) is 1. The van der Waals surface area contributed by atoms with Crippen LogP contribution < -0.4 is 4.72 Å². The van der Waals surface area contributed by atoms with Crippen molar-refractivity contribution in [2.45, 2.75) is 45.7 Å². The largest absolute Gasteiger partial charge is 0.480 e. The van der Waals surface area contributed by atoms with Gasteiger partial charge in [0.25, 0.3) is 10.2 Å². The topological polar surface area (TPSA) is 113 Å². The zero-order chi connectivity index (χ0) is 15.9. The Bertz CT molecular complexity index is 434. The lowest BCUT2D eigenvalue weighted by Crippen LogP contribution is -2.49. The van der Waals surface area contributed by atoms with Gasteiger partial charge in [-0.15, -0.1) is 0 Å². The molecule has 20 heavy (non-hydrogen) atoms. The lowest BCUT2D eigenvalue weighted by atomic mass is 10.2. The molecule has 0 aliphatic rings. The third-order valence-electron chi connectivity index (χ3n) is 2.64. The van der Waals surface area contributed by atoms with Crippen molar-refractivity contribution in [1.82, 2.24) is 9.03 Å². The Morgan fingerprint density at radius 1 is 1.35 bits per heavy atom. The first kappa shape index (κ1) is 18.8. The summed E-state index contributed by atoms with van der Waals surface area (Å²) in [6.07, 6.45) is -0.335. The highest BCUT2D eigenvalue weighted by Gasteiger charge is 2.28. The standard InChI is InChI=1S/C11H22N2O6S/c1-5-19-10(14)7-6-9(11(15)16)12-20(17,18)13(4)8(2)3/h8-9,12H,5-7H2,1-4H3,(H,15,16)/t9-/m0/s1. The van der Waals surface area contributed by atoms with E-state index >= 15 is 0 Å². The SMILES string of the molecule is CCOC(=O)CC[C@H](NS(=O)(=O)N(C)C(C)C)C(=O)O. The van der Waals surface area contributed by atoms with Crippen LogP contribution in [0.4, 0.5) is 0 Å². The molecule has 0 aliphatic carbocycles. The van der Waals surface area contributed by atoms with Crippen LogP contribution in [0.3, 0.4) is 0 Å². The Morgan fingerprint density at radius 3 is 2.30 bits per heavy atom. The van der Waals surface area contributed by atoms with Crippen molar-refractivity contribution in [2.75, 3.05) is 13.7 Å². The van der Waals surface area contributed by atoms with Crippen molar-refractivity contribution in [3.05, 3.63) is 0 Å². The van der Waals surface area contributed by atoms with Gasteiger partial charge in [0.1, 0.15) is 6.04 Å². The monoisotopic (exact) mass is 310 g/mol. The quantitative estimate of drug-likeness (QED) is 0.578. The molecule has 0 aromatic carbocycles. The van der Waals surface area contributed by atoms with Crippen LogP contribution in [0.2, 0.25) is 0 Å². The Labute approximate surface area is 119 Å². The molecule has 0 rings (SSSR count). The highest BCUT2D eigenvalue weighted by molar-refractivity contribution is 7.87. The molecule has 0 spiro atoms. The Kier molecular flexibility index (Phi) is 7.69. The average Bonchev–Trinajstić information content (AvgIpc) is 2.33. The summed E-state index contributed by atoms with van der Waals surface area (Å²) in [6, 6.07) is -1.68. The number of carbonyl (C=O) groups excluding carboxylic acids is 1. The summed E-state index contributed by atoms with van der Waals surface area (Å²) in [5, 5.41) is 9.00. The van der Waals surface area contributed by atoms with Crippen LogP contribution in [0.1, 0.15) is 33.6 Å². The lowest BCUT2D eigenvalue weighted by molar-refractivity contribution is -0.144. The molecule has 0 fully saturated rings. The number of aliphatic carboxylic acids is 1. The number of nitrogens with zero attached hydrogens (tertiary/aromatic N) is 1. The van der Waals surface area contributed by atoms with Gasteiger partial charge >= 0.3 is 11.9 Å². The molecule has 0 radical (unpaired) electrons. The van der Waals surface area contributed by atoms with E-state index in [0.29, 0.717) is 0 Å². The van der Waals surface area contributed by atoms with E-state index in [1.807, 2.05) is 0 Å². The van der Waals surface area contributed by atoms with Crippen molar-refractivity contribution in [2.24, 2.45) is 0 Å². The summed E-state index contributed by atoms with van der Waals surface area (Å²) < 4.78 is 31.5. The molecule has 0 heterocycles. The summed E-state index contributed by atoms with van der Waals surface area (Å²) >= 11 is 0. The van der Waals surface area contributed by atoms with Crippen molar-refractivity contribution in [3.63, 3.8) is 0 Å². The Hall–Kier alpha value is -1.19. The maximum atomic E-state index is 11.9. The van der Waals surface area contributed by atoms with Gasteiger partial charge in [-0.1, -0.05) is 0 Å². The lowest BCUT2D eigenvalue weighted by Gasteiger charge is -2.23. The Balaban J connectivity index is 4.71. The minimum atomic E-state index is -3.91. The fourth-order valence-corrected chi connectivity index (χ4v) is 2.57. The first-order valence-electron chi connectivity index (χ1n) is 6.25. The number of hydrogen-bond donors (Lipinski definition) is 2. The zero-order valence-electron chi connectivity index (χ0n) is 12.1. The van der Waals surface area contributed by atoms with E-state index in [9.17, 15) is 18.0 Å². The summed E-state index contributed by atoms with van der Waals surface area (Å²) in [7, 11) is -2.57. The van der Waals surface area contributed by atoms with Crippen LogP contribution in [-0.4, -0.2) is 55.5 Å². The fraction of sp³-hybridized carbons (Fsp3) is 0.818. The highest BCUT2D eigenvalue weighted by atomic mass is 32.2. The molecule has 0 unspecified atom stereocenters. The Morgan fingerprint density at radius 2 is 1.90 bits per heavy atom. The molecule has 0 saturated carbocycles. The van der Waals surface area contributed by atoms with E-state index in [4.69, 9.17) is 5.11 Å². The average molecular weight is 310 g/mol. The summed E-state index contributed by atoms with van der Waals surface area (Å²) in [5.74, 6) is -1.90. The molecular formula is C11H22N2O6S. The van der Waals surface area contributed by atoms with Crippen molar-refractivity contribution < 1.29 is 27.9 Å². The number of esters is 1. The van der Waals surface area contributed by atoms with E-state index < -0.39 is 28.2 Å². The molecule has 0 aromatic rings. The van der Waals surface area contributed by atoms with Gasteiger partial charge in [0.2, 0.25) is 0 Å². The third-order valence-corrected chi connectivity index (χ3v) is 4.40. The summed E-state index contributed by atoms with van der Waals surface area (Å²) in [5.41, 5.74) is 0. The molecule has 0 aromatic heterocycles. The van der Waals surface area contributed by atoms with Crippen molar-refractivity contribution in [3.8, 4) is 0 Å². The van der Waals surface area contributed by atoms with E-state index in [1.165, 1.54) is 7.05 Å². The van der Waals surface area contributed by atoms with Gasteiger partial charge in [0.15, 0.2) is 0 Å². The first-order chi connectivity index (χ1) is 9.11. The number of ether oxygens (including phenoxy) is 1. The predicted octanol–water partition coefficient (Wildman–Crippen LogP) is -0.0425. The predicted molar refractivity (Wildman–Crippen MR) is 72.2 cm³/mol. The minimum Gasteiger partial charge on any atom is -0.480 e. The highest BCUT2D eigenvalue weighted by Crippen LogP contribution is 2.06. The summed E-state index contributed by atoms with van der Waals surface area (Å²) in [4.78, 5) is 22.2. The molecule has 0 saturated heterocycles. The smallest absolute Gasteiger partial charge is 0.321 e. The van der Waals surface area contributed by atoms with Crippen molar-refractivity contribution in [1.29, 1.82) is 0 Å². The third kappa shape index (κ3) is 6.31. The number of carbonyl (C=O) groups is 2.